The Hall–Kier alpha value is -2.83. The van der Waals surface area contributed by atoms with Crippen LogP contribution in [0, 0.1) is 0 Å². The number of hydrogen-bond acceptors (Lipinski definition) is 4. The molecule has 32 heavy (non-hydrogen) atoms. The van der Waals surface area contributed by atoms with Crippen molar-refractivity contribution < 1.29 is 17.9 Å². The molecule has 0 atom stereocenters. The lowest BCUT2D eigenvalue weighted by Gasteiger charge is -2.11. The first-order chi connectivity index (χ1) is 14.9. The van der Waals surface area contributed by atoms with Gasteiger partial charge in [0.15, 0.2) is 11.8 Å². The molecular formula is C21H24F3IN6O. The van der Waals surface area contributed by atoms with Crippen molar-refractivity contribution in [2.75, 3.05) is 20.7 Å². The van der Waals surface area contributed by atoms with E-state index in [1.54, 1.807) is 14.2 Å². The van der Waals surface area contributed by atoms with Crippen molar-refractivity contribution in [2.45, 2.75) is 19.1 Å². The number of rotatable bonds is 7. The number of nitrogens with one attached hydrogen (secondary N) is 3. The van der Waals surface area contributed by atoms with Crippen LogP contribution in [0.15, 0.2) is 53.5 Å². The van der Waals surface area contributed by atoms with E-state index in [4.69, 9.17) is 4.74 Å². The number of halogens is 4. The van der Waals surface area contributed by atoms with Gasteiger partial charge in [0.2, 0.25) is 0 Å². The maximum Gasteiger partial charge on any atom is 0.416 e. The van der Waals surface area contributed by atoms with Crippen LogP contribution in [0.1, 0.15) is 17.0 Å². The summed E-state index contributed by atoms with van der Waals surface area (Å²) >= 11 is 0. The number of nitrogens with zero attached hydrogens (tertiary/aromatic N) is 3. The van der Waals surface area contributed by atoms with Crippen LogP contribution >= 0.6 is 24.0 Å². The number of methoxy groups -OCH3 is 1. The molecular weight excluding hydrogens is 536 g/mol. The van der Waals surface area contributed by atoms with Gasteiger partial charge in [-0.2, -0.15) is 18.3 Å². The van der Waals surface area contributed by atoms with Gasteiger partial charge in [0.05, 0.1) is 19.2 Å². The number of aromatic amines is 1. The highest BCUT2D eigenvalue weighted by Crippen LogP contribution is 2.29. The van der Waals surface area contributed by atoms with E-state index in [0.29, 0.717) is 37.1 Å². The summed E-state index contributed by atoms with van der Waals surface area (Å²) in [5.41, 5.74) is 1.01. The molecule has 0 bridgehead atoms. The van der Waals surface area contributed by atoms with Gasteiger partial charge < -0.3 is 15.4 Å². The standard InChI is InChI=1S/C21H23F3N6O.HI/c1-25-20(26-12-11-14-3-7-16(8-4-14)21(22,23)24)27-13-18-28-19(30-29-18)15-5-9-17(31-2)10-6-15;/h3-10H,11-13H2,1-2H3,(H2,25,26,27)(H,28,29,30);1H. The lowest BCUT2D eigenvalue weighted by atomic mass is 10.1. The largest absolute Gasteiger partial charge is 0.497 e. The molecule has 172 valence electrons. The van der Waals surface area contributed by atoms with Crippen LogP contribution in [-0.4, -0.2) is 41.8 Å². The van der Waals surface area contributed by atoms with Gasteiger partial charge in [-0.15, -0.1) is 24.0 Å². The molecule has 3 aromatic rings. The first-order valence-electron chi connectivity index (χ1n) is 9.55. The van der Waals surface area contributed by atoms with Gasteiger partial charge in [0.25, 0.3) is 0 Å². The second-order valence-electron chi connectivity index (χ2n) is 6.63. The summed E-state index contributed by atoms with van der Waals surface area (Å²) in [6.07, 6.45) is -3.76. The first kappa shape index (κ1) is 25.4. The number of hydrogen-bond donors (Lipinski definition) is 3. The molecule has 0 fully saturated rings. The van der Waals surface area contributed by atoms with Crippen molar-refractivity contribution in [3.63, 3.8) is 0 Å². The number of H-pyrrole nitrogens is 1. The molecule has 0 saturated heterocycles. The number of aliphatic imine (C=N–C) groups is 1. The maximum absolute atomic E-state index is 12.6. The Labute approximate surface area is 200 Å². The zero-order valence-electron chi connectivity index (χ0n) is 17.5. The van der Waals surface area contributed by atoms with Gasteiger partial charge in [-0.05, 0) is 48.4 Å². The van der Waals surface area contributed by atoms with E-state index in [-0.39, 0.29) is 24.0 Å². The number of aromatic nitrogens is 3. The Morgan fingerprint density at radius 2 is 1.75 bits per heavy atom. The minimum absolute atomic E-state index is 0. The summed E-state index contributed by atoms with van der Waals surface area (Å²) in [7, 11) is 3.24. The molecule has 3 rings (SSSR count). The Kier molecular flexibility index (Phi) is 9.29. The molecule has 3 N–H and O–H groups in total. The number of ether oxygens (including phenoxy) is 1. The predicted molar refractivity (Wildman–Crippen MR) is 127 cm³/mol. The number of alkyl halides is 3. The quantitative estimate of drug-likeness (QED) is 0.231. The molecule has 0 amide bonds. The Balaban J connectivity index is 0.00000363. The highest BCUT2D eigenvalue weighted by molar-refractivity contribution is 14.0. The van der Waals surface area contributed by atoms with E-state index >= 15 is 0 Å². The van der Waals surface area contributed by atoms with Crippen molar-refractivity contribution in [1.29, 1.82) is 0 Å². The monoisotopic (exact) mass is 560 g/mol. The predicted octanol–water partition coefficient (Wildman–Crippen LogP) is 4.02. The van der Waals surface area contributed by atoms with Crippen molar-refractivity contribution in [2.24, 2.45) is 4.99 Å². The average molecular weight is 560 g/mol. The van der Waals surface area contributed by atoms with Crippen LogP contribution in [0.5, 0.6) is 5.75 Å². The molecule has 0 saturated carbocycles. The van der Waals surface area contributed by atoms with Gasteiger partial charge in [0, 0.05) is 19.2 Å². The van der Waals surface area contributed by atoms with E-state index in [0.717, 1.165) is 29.0 Å². The summed E-state index contributed by atoms with van der Waals surface area (Å²) in [5.74, 6) is 2.52. The zero-order chi connectivity index (χ0) is 22.3. The van der Waals surface area contributed by atoms with E-state index < -0.39 is 11.7 Å². The smallest absolute Gasteiger partial charge is 0.416 e. The summed E-state index contributed by atoms with van der Waals surface area (Å²) in [4.78, 5) is 8.59. The van der Waals surface area contributed by atoms with Gasteiger partial charge in [-0.3, -0.25) is 10.1 Å². The van der Waals surface area contributed by atoms with Crippen LogP contribution < -0.4 is 15.4 Å². The van der Waals surface area contributed by atoms with Crippen LogP contribution in [0.4, 0.5) is 13.2 Å². The fourth-order valence-corrected chi connectivity index (χ4v) is 2.82. The molecule has 0 unspecified atom stereocenters. The second-order valence-corrected chi connectivity index (χ2v) is 6.63. The van der Waals surface area contributed by atoms with Gasteiger partial charge in [-0.1, -0.05) is 12.1 Å². The molecule has 0 aliphatic rings. The molecule has 0 aliphatic heterocycles. The van der Waals surface area contributed by atoms with Gasteiger partial charge in [0.1, 0.15) is 11.6 Å². The summed E-state index contributed by atoms with van der Waals surface area (Å²) in [6.45, 7) is 0.891. The Bertz CT molecular complexity index is 1000. The van der Waals surface area contributed by atoms with Crippen molar-refractivity contribution in [3.8, 4) is 17.1 Å². The third-order valence-electron chi connectivity index (χ3n) is 4.51. The summed E-state index contributed by atoms with van der Waals surface area (Å²) < 4.78 is 43.0. The molecule has 2 aromatic carbocycles. The highest BCUT2D eigenvalue weighted by atomic mass is 127. The highest BCUT2D eigenvalue weighted by Gasteiger charge is 2.29. The van der Waals surface area contributed by atoms with Crippen LogP contribution in [0.3, 0.4) is 0 Å². The van der Waals surface area contributed by atoms with E-state index in [1.807, 2.05) is 24.3 Å². The van der Waals surface area contributed by atoms with Crippen LogP contribution in [-0.2, 0) is 19.1 Å². The topological polar surface area (TPSA) is 87.2 Å². The van der Waals surface area contributed by atoms with Gasteiger partial charge in [-0.25, -0.2) is 4.98 Å². The first-order valence-corrected chi connectivity index (χ1v) is 9.55. The molecule has 11 heteroatoms. The number of guanidine groups is 1. The molecule has 0 aliphatic carbocycles. The van der Waals surface area contributed by atoms with Crippen LogP contribution in [0.2, 0.25) is 0 Å². The molecule has 0 radical (unpaired) electrons. The lowest BCUT2D eigenvalue weighted by molar-refractivity contribution is -0.137. The SMILES string of the molecule is CN=C(NCCc1ccc(C(F)(F)F)cc1)NCc1nc(-c2ccc(OC)cc2)n[nH]1.I. The summed E-state index contributed by atoms with van der Waals surface area (Å²) in [5, 5.41) is 13.3. The fraction of sp³-hybridized carbons (Fsp3) is 0.286. The van der Waals surface area contributed by atoms with Crippen molar-refractivity contribution >= 4 is 29.9 Å². The third-order valence-corrected chi connectivity index (χ3v) is 4.51. The van der Waals surface area contributed by atoms with Crippen molar-refractivity contribution in [3.05, 3.63) is 65.5 Å². The maximum atomic E-state index is 12.6. The Morgan fingerprint density at radius 3 is 2.34 bits per heavy atom. The van der Waals surface area contributed by atoms with E-state index in [1.165, 1.54) is 12.1 Å². The lowest BCUT2D eigenvalue weighted by Crippen LogP contribution is -2.38. The Morgan fingerprint density at radius 1 is 1.06 bits per heavy atom. The average Bonchev–Trinajstić information content (AvgIpc) is 3.25. The zero-order valence-corrected chi connectivity index (χ0v) is 19.9. The van der Waals surface area contributed by atoms with Crippen LogP contribution in [0.25, 0.3) is 11.4 Å². The molecule has 1 aromatic heterocycles. The molecule has 0 spiro atoms. The van der Waals surface area contributed by atoms with E-state index in [9.17, 15) is 13.2 Å². The number of benzene rings is 2. The summed E-state index contributed by atoms with van der Waals surface area (Å²) in [6, 6.07) is 12.6. The van der Waals surface area contributed by atoms with Gasteiger partial charge >= 0.3 is 6.18 Å². The third kappa shape index (κ3) is 7.11. The fourth-order valence-electron chi connectivity index (χ4n) is 2.82. The minimum Gasteiger partial charge on any atom is -0.497 e. The normalized spacial score (nSPS) is 11.6. The molecule has 1 heterocycles. The second kappa shape index (κ2) is 11.7. The van der Waals surface area contributed by atoms with Crippen molar-refractivity contribution in [1.82, 2.24) is 25.8 Å². The van der Waals surface area contributed by atoms with E-state index in [2.05, 4.69) is 30.8 Å². The minimum atomic E-state index is -4.32. The molecule has 7 nitrogen and oxygen atoms in total.